The topological polar surface area (TPSA) is 61.8 Å². The fourth-order valence-corrected chi connectivity index (χ4v) is 5.67. The number of morpholine rings is 1. The highest BCUT2D eigenvalue weighted by atomic mass is 35.5. The van der Waals surface area contributed by atoms with Crippen molar-refractivity contribution >= 4 is 52.4 Å². The first-order chi connectivity index (χ1) is 17.6. The summed E-state index contributed by atoms with van der Waals surface area (Å²) in [5.74, 6) is 1.51. The molecule has 2 aliphatic rings. The third-order valence-electron chi connectivity index (χ3n) is 6.30. The molecule has 1 aromatic heterocycles. The van der Waals surface area contributed by atoms with Crippen LogP contribution in [-0.4, -0.2) is 73.3 Å². The van der Waals surface area contributed by atoms with Gasteiger partial charge >= 0.3 is 0 Å². The van der Waals surface area contributed by atoms with Gasteiger partial charge in [-0.3, -0.25) is 4.79 Å². The molecule has 0 atom stereocenters. The molecule has 3 aromatic rings. The quantitative estimate of drug-likeness (QED) is 0.249. The van der Waals surface area contributed by atoms with E-state index in [2.05, 4.69) is 20.9 Å². The predicted octanol–water partition coefficient (Wildman–Crippen LogP) is 4.87. The summed E-state index contributed by atoms with van der Waals surface area (Å²) in [7, 11) is 0. The van der Waals surface area contributed by atoms with E-state index in [0.29, 0.717) is 47.9 Å². The zero-order valence-corrected chi connectivity index (χ0v) is 22.1. The SMILES string of the molecule is O=C(c1cccc(CSc2nc(Cl)cc(N3CCN(c4ccccc4Cl)CC3)n2)c1)N1CCOCC1. The lowest BCUT2D eigenvalue weighted by molar-refractivity contribution is 0.0303. The maximum Gasteiger partial charge on any atom is 0.254 e. The van der Waals surface area contributed by atoms with Crippen molar-refractivity contribution in [1.29, 1.82) is 0 Å². The first-order valence-electron chi connectivity index (χ1n) is 11.9. The van der Waals surface area contributed by atoms with Crippen LogP contribution in [0, 0.1) is 0 Å². The minimum atomic E-state index is 0.0439. The summed E-state index contributed by atoms with van der Waals surface area (Å²) in [4.78, 5) is 28.4. The van der Waals surface area contributed by atoms with E-state index in [9.17, 15) is 4.79 Å². The predicted molar refractivity (Wildman–Crippen MR) is 146 cm³/mol. The second-order valence-electron chi connectivity index (χ2n) is 8.65. The van der Waals surface area contributed by atoms with Gasteiger partial charge in [-0.25, -0.2) is 9.97 Å². The molecule has 0 N–H and O–H groups in total. The Bertz CT molecular complexity index is 1220. The number of carbonyl (C=O) groups is 1. The number of benzene rings is 2. The molecule has 2 aliphatic heterocycles. The number of aromatic nitrogens is 2. The average Bonchev–Trinajstić information content (AvgIpc) is 2.92. The molecule has 0 saturated carbocycles. The zero-order valence-electron chi connectivity index (χ0n) is 19.8. The number of carbonyl (C=O) groups excluding carboxylic acids is 1. The third-order valence-corrected chi connectivity index (χ3v) is 7.73. The summed E-state index contributed by atoms with van der Waals surface area (Å²) < 4.78 is 5.36. The maximum atomic E-state index is 12.8. The van der Waals surface area contributed by atoms with E-state index in [1.807, 2.05) is 53.4 Å². The molecular formula is C26H27Cl2N5O2S. The van der Waals surface area contributed by atoms with Crippen LogP contribution >= 0.6 is 35.0 Å². The molecule has 2 fully saturated rings. The van der Waals surface area contributed by atoms with Crippen molar-refractivity contribution < 1.29 is 9.53 Å². The van der Waals surface area contributed by atoms with E-state index >= 15 is 0 Å². The van der Waals surface area contributed by atoms with Crippen LogP contribution in [0.3, 0.4) is 0 Å². The number of amides is 1. The molecule has 0 unspecified atom stereocenters. The molecule has 0 bridgehead atoms. The lowest BCUT2D eigenvalue weighted by atomic mass is 10.1. The van der Waals surface area contributed by atoms with Gasteiger partial charge in [-0.2, -0.15) is 0 Å². The number of hydrogen-bond acceptors (Lipinski definition) is 7. The Kier molecular flexibility index (Phi) is 8.16. The van der Waals surface area contributed by atoms with Gasteiger partial charge < -0.3 is 19.4 Å². The molecule has 0 spiro atoms. The molecule has 0 aliphatic carbocycles. The van der Waals surface area contributed by atoms with Crippen LogP contribution in [-0.2, 0) is 10.5 Å². The lowest BCUT2D eigenvalue weighted by Gasteiger charge is -2.37. The number of hydrogen-bond donors (Lipinski definition) is 0. The van der Waals surface area contributed by atoms with Crippen molar-refractivity contribution in [2.45, 2.75) is 10.9 Å². The molecule has 10 heteroatoms. The van der Waals surface area contributed by atoms with E-state index in [1.165, 1.54) is 11.8 Å². The number of ether oxygens (including phenoxy) is 1. The van der Waals surface area contributed by atoms with Crippen molar-refractivity contribution in [1.82, 2.24) is 14.9 Å². The zero-order chi connectivity index (χ0) is 24.9. The van der Waals surface area contributed by atoms with Gasteiger partial charge in [0.25, 0.3) is 5.91 Å². The summed E-state index contributed by atoms with van der Waals surface area (Å²) in [5.41, 5.74) is 2.79. The molecule has 2 saturated heterocycles. The number of halogens is 2. The Morgan fingerprint density at radius 1 is 0.889 bits per heavy atom. The molecule has 0 radical (unpaired) electrons. The van der Waals surface area contributed by atoms with Gasteiger partial charge in [0.15, 0.2) is 5.16 Å². The highest BCUT2D eigenvalue weighted by molar-refractivity contribution is 7.98. The van der Waals surface area contributed by atoms with Gasteiger partial charge in [0, 0.05) is 56.7 Å². The van der Waals surface area contributed by atoms with Crippen LogP contribution in [0.5, 0.6) is 0 Å². The van der Waals surface area contributed by atoms with Gasteiger partial charge in [-0.1, -0.05) is 59.2 Å². The summed E-state index contributed by atoms with van der Waals surface area (Å²) in [6.45, 7) is 5.75. The minimum Gasteiger partial charge on any atom is -0.378 e. The maximum absolute atomic E-state index is 12.8. The summed E-state index contributed by atoms with van der Waals surface area (Å²) >= 11 is 14.3. The smallest absolute Gasteiger partial charge is 0.254 e. The standard InChI is InChI=1S/C26H27Cl2N5O2S/c27-21-6-1-2-7-22(21)31-8-10-32(11-9-31)24-17-23(28)29-26(30-24)36-18-19-4-3-5-20(16-19)25(34)33-12-14-35-15-13-33/h1-7,16-17H,8-15,18H2. The fourth-order valence-electron chi connectivity index (χ4n) is 4.39. The first kappa shape index (κ1) is 25.1. The van der Waals surface area contributed by atoms with Crippen LogP contribution in [0.15, 0.2) is 59.8 Å². The Morgan fingerprint density at radius 3 is 2.42 bits per heavy atom. The van der Waals surface area contributed by atoms with Gasteiger partial charge in [0.05, 0.1) is 23.9 Å². The van der Waals surface area contributed by atoms with Gasteiger partial charge in [-0.05, 0) is 29.8 Å². The van der Waals surface area contributed by atoms with E-state index in [0.717, 1.165) is 48.3 Å². The molecule has 7 nitrogen and oxygen atoms in total. The molecule has 5 rings (SSSR count). The van der Waals surface area contributed by atoms with Crippen molar-refractivity contribution in [3.63, 3.8) is 0 Å². The third kappa shape index (κ3) is 6.06. The number of piperazine rings is 1. The highest BCUT2D eigenvalue weighted by Crippen LogP contribution is 2.29. The highest BCUT2D eigenvalue weighted by Gasteiger charge is 2.21. The van der Waals surface area contributed by atoms with Crippen molar-refractivity contribution in [3.05, 3.63) is 75.9 Å². The molecule has 1 amide bonds. The van der Waals surface area contributed by atoms with Gasteiger partial charge in [0.1, 0.15) is 11.0 Å². The molecular weight excluding hydrogens is 517 g/mol. The summed E-state index contributed by atoms with van der Waals surface area (Å²) in [6, 6.07) is 17.5. The van der Waals surface area contributed by atoms with Crippen LogP contribution in [0.4, 0.5) is 11.5 Å². The monoisotopic (exact) mass is 543 g/mol. The second-order valence-corrected chi connectivity index (χ2v) is 10.4. The second kappa shape index (κ2) is 11.7. The summed E-state index contributed by atoms with van der Waals surface area (Å²) in [6.07, 6.45) is 0. The van der Waals surface area contributed by atoms with E-state index in [4.69, 9.17) is 32.9 Å². The van der Waals surface area contributed by atoms with Crippen LogP contribution in [0.2, 0.25) is 10.2 Å². The van der Waals surface area contributed by atoms with Gasteiger partial charge in [0.2, 0.25) is 0 Å². The van der Waals surface area contributed by atoms with Gasteiger partial charge in [-0.15, -0.1) is 0 Å². The van der Waals surface area contributed by atoms with E-state index in [-0.39, 0.29) is 5.91 Å². The van der Waals surface area contributed by atoms with Crippen LogP contribution in [0.1, 0.15) is 15.9 Å². The largest absolute Gasteiger partial charge is 0.378 e. The molecule has 36 heavy (non-hydrogen) atoms. The first-order valence-corrected chi connectivity index (χ1v) is 13.7. The number of thioether (sulfide) groups is 1. The van der Waals surface area contributed by atoms with Crippen molar-refractivity contribution in [2.24, 2.45) is 0 Å². The number of para-hydroxylation sites is 1. The average molecular weight is 545 g/mol. The number of anilines is 2. The van der Waals surface area contributed by atoms with Crippen LogP contribution < -0.4 is 9.80 Å². The Morgan fingerprint density at radius 2 is 1.64 bits per heavy atom. The normalized spacial score (nSPS) is 16.3. The lowest BCUT2D eigenvalue weighted by Crippen LogP contribution is -2.47. The fraction of sp³-hybridized carbons (Fsp3) is 0.346. The Balaban J connectivity index is 1.21. The minimum absolute atomic E-state index is 0.0439. The van der Waals surface area contributed by atoms with E-state index < -0.39 is 0 Å². The Hall–Kier alpha value is -2.52. The molecule has 2 aromatic carbocycles. The summed E-state index contributed by atoms with van der Waals surface area (Å²) in [5, 5.41) is 1.81. The Labute approximate surface area is 225 Å². The van der Waals surface area contributed by atoms with E-state index in [1.54, 1.807) is 0 Å². The molecule has 3 heterocycles. The number of nitrogens with zero attached hydrogens (tertiary/aromatic N) is 5. The van der Waals surface area contributed by atoms with Crippen LogP contribution in [0.25, 0.3) is 0 Å². The molecule has 188 valence electrons. The number of rotatable bonds is 6. The van der Waals surface area contributed by atoms with Crippen molar-refractivity contribution in [2.75, 3.05) is 62.3 Å². The van der Waals surface area contributed by atoms with Crippen molar-refractivity contribution in [3.8, 4) is 0 Å².